The number of rotatable bonds is 7. The fourth-order valence-corrected chi connectivity index (χ4v) is 2.72. The van der Waals surface area contributed by atoms with Gasteiger partial charge in [-0.1, -0.05) is 23.2 Å². The summed E-state index contributed by atoms with van der Waals surface area (Å²) in [5.41, 5.74) is 1.17. The fourth-order valence-electron chi connectivity index (χ4n) is 2.20. The predicted octanol–water partition coefficient (Wildman–Crippen LogP) is 4.07. The molecule has 0 unspecified atom stereocenters. The number of carbonyl (C=O) groups excluding carboxylic acids is 1. The van der Waals surface area contributed by atoms with E-state index in [1.807, 2.05) is 0 Å². The van der Waals surface area contributed by atoms with E-state index in [1.54, 1.807) is 30.3 Å². The molecule has 2 rings (SSSR count). The summed E-state index contributed by atoms with van der Waals surface area (Å²) in [5, 5.41) is 6.61. The molecule has 0 aliphatic heterocycles. The molecule has 134 valence electrons. The monoisotopic (exact) mass is 384 g/mol. The van der Waals surface area contributed by atoms with Gasteiger partial charge in [-0.25, -0.2) is 0 Å². The lowest BCUT2D eigenvalue weighted by Gasteiger charge is -2.15. The highest BCUT2D eigenvalue weighted by atomic mass is 35.5. The van der Waals surface area contributed by atoms with Crippen LogP contribution in [0.3, 0.4) is 0 Å². The first kappa shape index (κ1) is 19.0. The van der Waals surface area contributed by atoms with Crippen molar-refractivity contribution in [1.82, 2.24) is 0 Å². The topological polar surface area (TPSA) is 68.8 Å². The molecule has 0 heterocycles. The van der Waals surface area contributed by atoms with Gasteiger partial charge in [-0.15, -0.1) is 0 Å². The van der Waals surface area contributed by atoms with Gasteiger partial charge in [-0.05, 0) is 18.2 Å². The molecule has 0 spiro atoms. The minimum Gasteiger partial charge on any atom is -0.493 e. The first-order valence-electron chi connectivity index (χ1n) is 7.26. The highest BCUT2D eigenvalue weighted by Gasteiger charge is 2.13. The number of halogens is 2. The molecule has 1 amide bonds. The molecule has 25 heavy (non-hydrogen) atoms. The van der Waals surface area contributed by atoms with E-state index in [1.165, 1.54) is 21.3 Å². The van der Waals surface area contributed by atoms with Crippen LogP contribution >= 0.6 is 23.2 Å². The van der Waals surface area contributed by atoms with Gasteiger partial charge in [0.1, 0.15) is 0 Å². The molecule has 2 aromatic carbocycles. The van der Waals surface area contributed by atoms with Gasteiger partial charge in [0.15, 0.2) is 11.5 Å². The molecule has 8 heteroatoms. The quantitative estimate of drug-likeness (QED) is 0.752. The summed E-state index contributed by atoms with van der Waals surface area (Å²) >= 11 is 11.8. The van der Waals surface area contributed by atoms with Gasteiger partial charge in [-0.3, -0.25) is 4.79 Å². The Labute approximate surface area is 156 Å². The zero-order valence-corrected chi connectivity index (χ0v) is 15.5. The number of amides is 1. The van der Waals surface area contributed by atoms with Crippen LogP contribution in [0.2, 0.25) is 10.0 Å². The molecule has 0 fully saturated rings. The van der Waals surface area contributed by atoms with E-state index in [0.717, 1.165) is 0 Å². The lowest BCUT2D eigenvalue weighted by molar-refractivity contribution is -0.114. The van der Waals surface area contributed by atoms with Crippen LogP contribution < -0.4 is 24.8 Å². The maximum absolute atomic E-state index is 12.1. The Kier molecular flexibility index (Phi) is 6.61. The molecule has 0 bridgehead atoms. The van der Waals surface area contributed by atoms with Crippen molar-refractivity contribution >= 4 is 40.5 Å². The minimum absolute atomic E-state index is 0.0305. The maximum atomic E-state index is 12.1. The number of benzene rings is 2. The molecule has 0 radical (unpaired) electrons. The zero-order chi connectivity index (χ0) is 18.4. The zero-order valence-electron chi connectivity index (χ0n) is 14.0. The number of anilines is 2. The number of methoxy groups -OCH3 is 3. The molecule has 2 aromatic rings. The average Bonchev–Trinajstić information content (AvgIpc) is 2.57. The molecule has 0 aromatic heterocycles. The maximum Gasteiger partial charge on any atom is 0.243 e. The first-order valence-corrected chi connectivity index (χ1v) is 8.02. The number of hydrogen-bond donors (Lipinski definition) is 2. The van der Waals surface area contributed by atoms with Crippen molar-refractivity contribution in [3.63, 3.8) is 0 Å². The Morgan fingerprint density at radius 2 is 1.44 bits per heavy atom. The Hall–Kier alpha value is -2.31. The van der Waals surface area contributed by atoms with Crippen LogP contribution in [0.1, 0.15) is 0 Å². The van der Waals surface area contributed by atoms with Crippen LogP contribution in [-0.2, 0) is 4.79 Å². The molecule has 0 saturated heterocycles. The highest BCUT2D eigenvalue weighted by molar-refractivity contribution is 6.35. The largest absolute Gasteiger partial charge is 0.493 e. The van der Waals surface area contributed by atoms with E-state index in [4.69, 9.17) is 37.4 Å². The Morgan fingerprint density at radius 3 is 1.92 bits per heavy atom. The van der Waals surface area contributed by atoms with Crippen LogP contribution in [0.4, 0.5) is 11.4 Å². The van der Waals surface area contributed by atoms with Crippen molar-refractivity contribution in [2.75, 3.05) is 38.5 Å². The third-order valence-electron chi connectivity index (χ3n) is 3.26. The molecule has 0 atom stereocenters. The van der Waals surface area contributed by atoms with Gasteiger partial charge < -0.3 is 24.8 Å². The third-order valence-corrected chi connectivity index (χ3v) is 3.70. The number of carbonyl (C=O) groups is 1. The second-order valence-electron chi connectivity index (χ2n) is 4.97. The Bertz CT molecular complexity index is 723. The third kappa shape index (κ3) is 5.08. The van der Waals surface area contributed by atoms with Crippen LogP contribution in [-0.4, -0.2) is 33.8 Å². The van der Waals surface area contributed by atoms with Crippen LogP contribution in [0.25, 0.3) is 0 Å². The van der Waals surface area contributed by atoms with Crippen molar-refractivity contribution in [1.29, 1.82) is 0 Å². The summed E-state index contributed by atoms with van der Waals surface area (Å²) in [5.74, 6) is 1.21. The van der Waals surface area contributed by atoms with E-state index in [0.29, 0.717) is 38.7 Å². The number of nitrogens with one attached hydrogen (secondary N) is 2. The molecular formula is C17H18Cl2N2O4. The van der Waals surface area contributed by atoms with E-state index in [-0.39, 0.29) is 12.5 Å². The second kappa shape index (κ2) is 8.69. The smallest absolute Gasteiger partial charge is 0.243 e. The van der Waals surface area contributed by atoms with Crippen molar-refractivity contribution in [3.05, 3.63) is 40.4 Å². The fraction of sp³-hybridized carbons (Fsp3) is 0.235. The number of ether oxygens (including phenoxy) is 3. The molecule has 0 aliphatic rings. The van der Waals surface area contributed by atoms with Gasteiger partial charge in [-0.2, -0.15) is 0 Å². The molecule has 0 aliphatic carbocycles. The van der Waals surface area contributed by atoms with E-state index in [2.05, 4.69) is 10.6 Å². The average molecular weight is 385 g/mol. The molecule has 0 saturated carbocycles. The van der Waals surface area contributed by atoms with Crippen molar-refractivity contribution in [2.24, 2.45) is 0 Å². The second-order valence-corrected chi connectivity index (χ2v) is 5.85. The SMILES string of the molecule is COc1cc(NCC(=O)Nc2cc(Cl)cc(Cl)c2)cc(OC)c1OC. The standard InChI is InChI=1S/C17H18Cl2N2O4/c1-23-14-7-12(8-15(24-2)17(14)25-3)20-9-16(22)21-13-5-10(18)4-11(19)6-13/h4-8,20H,9H2,1-3H3,(H,21,22). The van der Waals surface area contributed by atoms with Gasteiger partial charge in [0.25, 0.3) is 0 Å². The van der Waals surface area contributed by atoms with E-state index in [9.17, 15) is 4.79 Å². The predicted molar refractivity (Wildman–Crippen MR) is 99.7 cm³/mol. The van der Waals surface area contributed by atoms with E-state index < -0.39 is 0 Å². The summed E-state index contributed by atoms with van der Waals surface area (Å²) in [4.78, 5) is 12.1. The van der Waals surface area contributed by atoms with Gasteiger partial charge in [0.2, 0.25) is 11.7 Å². The lowest BCUT2D eigenvalue weighted by atomic mass is 10.2. The molecule has 2 N–H and O–H groups in total. The lowest BCUT2D eigenvalue weighted by Crippen LogP contribution is -2.21. The van der Waals surface area contributed by atoms with Gasteiger partial charge in [0.05, 0.1) is 27.9 Å². The van der Waals surface area contributed by atoms with Crippen LogP contribution in [0.15, 0.2) is 30.3 Å². The number of hydrogen-bond acceptors (Lipinski definition) is 5. The first-order chi connectivity index (χ1) is 12.0. The molecule has 6 nitrogen and oxygen atoms in total. The summed E-state index contributed by atoms with van der Waals surface area (Å²) in [6.07, 6.45) is 0. The molecular weight excluding hydrogens is 367 g/mol. The van der Waals surface area contributed by atoms with Gasteiger partial charge >= 0.3 is 0 Å². The normalized spacial score (nSPS) is 10.1. The Balaban J connectivity index is 2.06. The van der Waals surface area contributed by atoms with Crippen molar-refractivity contribution in [2.45, 2.75) is 0 Å². The summed E-state index contributed by atoms with van der Waals surface area (Å²) in [6, 6.07) is 8.25. The van der Waals surface area contributed by atoms with E-state index >= 15 is 0 Å². The summed E-state index contributed by atoms with van der Waals surface area (Å²) in [6.45, 7) is 0.0305. The van der Waals surface area contributed by atoms with Gasteiger partial charge in [0, 0.05) is 33.6 Å². The van der Waals surface area contributed by atoms with Crippen LogP contribution in [0, 0.1) is 0 Å². The highest BCUT2D eigenvalue weighted by Crippen LogP contribution is 2.39. The summed E-state index contributed by atoms with van der Waals surface area (Å²) < 4.78 is 15.8. The minimum atomic E-state index is -0.257. The van der Waals surface area contributed by atoms with Crippen LogP contribution in [0.5, 0.6) is 17.2 Å². The van der Waals surface area contributed by atoms with Crippen molar-refractivity contribution in [3.8, 4) is 17.2 Å². The summed E-state index contributed by atoms with van der Waals surface area (Å²) in [7, 11) is 4.57. The Morgan fingerprint density at radius 1 is 0.880 bits per heavy atom. The van der Waals surface area contributed by atoms with Crippen molar-refractivity contribution < 1.29 is 19.0 Å².